The molecule has 1 aromatic carbocycles. The van der Waals surface area contributed by atoms with Crippen LogP contribution in [0.25, 0.3) is 0 Å². The van der Waals surface area contributed by atoms with Crippen molar-refractivity contribution in [2.75, 3.05) is 19.6 Å². The zero-order valence-electron chi connectivity index (χ0n) is 12.3. The first kappa shape index (κ1) is 16.3. The first-order chi connectivity index (χ1) is 9.43. The number of likely N-dealkylation sites (tertiary alicyclic amines) is 1. The highest BCUT2D eigenvalue weighted by atomic mass is 79.9. The van der Waals surface area contributed by atoms with E-state index in [-0.39, 0.29) is 6.04 Å². The fourth-order valence-electron chi connectivity index (χ4n) is 2.97. The minimum atomic E-state index is 0.273. The zero-order valence-corrected chi connectivity index (χ0v) is 14.7. The Balaban J connectivity index is 2.17. The van der Waals surface area contributed by atoms with E-state index >= 15 is 0 Å². The number of hydrogen-bond acceptors (Lipinski definition) is 2. The maximum atomic E-state index is 6.23. The minimum absolute atomic E-state index is 0.273. The highest BCUT2D eigenvalue weighted by molar-refractivity contribution is 9.10. The molecular weight excluding hydrogens is 336 g/mol. The van der Waals surface area contributed by atoms with Crippen molar-refractivity contribution in [2.45, 2.75) is 39.2 Å². The van der Waals surface area contributed by atoms with Gasteiger partial charge in [-0.1, -0.05) is 31.5 Å². The number of rotatable bonds is 3. The number of benzene rings is 1. The van der Waals surface area contributed by atoms with Crippen molar-refractivity contribution in [3.8, 4) is 0 Å². The van der Waals surface area contributed by atoms with Gasteiger partial charge in [0.25, 0.3) is 0 Å². The zero-order chi connectivity index (χ0) is 14.8. The summed E-state index contributed by atoms with van der Waals surface area (Å²) in [7, 11) is 0. The second-order valence-corrected chi connectivity index (χ2v) is 7.74. The first-order valence-electron chi connectivity index (χ1n) is 7.32. The molecule has 0 aromatic heterocycles. The molecule has 0 bridgehead atoms. The van der Waals surface area contributed by atoms with Crippen LogP contribution in [-0.4, -0.2) is 24.5 Å². The number of hydrogen-bond donors (Lipinski definition) is 1. The van der Waals surface area contributed by atoms with Crippen LogP contribution < -0.4 is 5.73 Å². The number of nitrogens with two attached hydrogens (primary N) is 1. The maximum Gasteiger partial charge on any atom is 0.0551 e. The highest BCUT2D eigenvalue weighted by Crippen LogP contribution is 2.34. The standard InChI is InChI=1S/C16H24BrClN2/c1-16(2)6-3-8-20(9-7-16)15(11-19)12-4-5-13(17)14(18)10-12/h4-5,10,15H,3,6-9,11,19H2,1-2H3. The Bertz CT molecular complexity index is 462. The maximum absolute atomic E-state index is 6.23. The number of halogens is 2. The van der Waals surface area contributed by atoms with E-state index in [1.807, 2.05) is 12.1 Å². The molecule has 2 nitrogen and oxygen atoms in total. The van der Waals surface area contributed by atoms with Crippen LogP contribution >= 0.6 is 27.5 Å². The Morgan fingerprint density at radius 1 is 1.35 bits per heavy atom. The van der Waals surface area contributed by atoms with Crippen LogP contribution in [0.15, 0.2) is 22.7 Å². The van der Waals surface area contributed by atoms with Crippen molar-refractivity contribution in [2.24, 2.45) is 11.1 Å². The molecule has 0 radical (unpaired) electrons. The van der Waals surface area contributed by atoms with Gasteiger partial charge < -0.3 is 5.73 Å². The van der Waals surface area contributed by atoms with E-state index in [9.17, 15) is 0 Å². The molecule has 1 fully saturated rings. The van der Waals surface area contributed by atoms with E-state index in [0.717, 1.165) is 22.6 Å². The van der Waals surface area contributed by atoms with Crippen LogP contribution in [0.1, 0.15) is 44.7 Å². The van der Waals surface area contributed by atoms with Gasteiger partial charge in [-0.25, -0.2) is 0 Å². The molecule has 1 unspecified atom stereocenters. The Morgan fingerprint density at radius 3 is 2.75 bits per heavy atom. The van der Waals surface area contributed by atoms with Crippen molar-refractivity contribution in [1.29, 1.82) is 0 Å². The Kier molecular flexibility index (Phi) is 5.52. The molecule has 0 amide bonds. The monoisotopic (exact) mass is 358 g/mol. The summed E-state index contributed by atoms with van der Waals surface area (Å²) in [5.41, 5.74) is 7.72. The van der Waals surface area contributed by atoms with Gasteiger partial charge in [-0.3, -0.25) is 4.90 Å². The second-order valence-electron chi connectivity index (χ2n) is 6.48. The van der Waals surface area contributed by atoms with Gasteiger partial charge in [0.1, 0.15) is 0 Å². The van der Waals surface area contributed by atoms with Crippen LogP contribution in [0.3, 0.4) is 0 Å². The molecule has 0 saturated carbocycles. The third kappa shape index (κ3) is 3.97. The van der Waals surface area contributed by atoms with E-state index < -0.39 is 0 Å². The summed E-state index contributed by atoms with van der Waals surface area (Å²) in [5, 5.41) is 0.760. The molecule has 2 N–H and O–H groups in total. The normalized spacial score (nSPS) is 21.4. The van der Waals surface area contributed by atoms with Gasteiger partial charge in [-0.05, 0) is 71.4 Å². The van der Waals surface area contributed by atoms with Gasteiger partial charge in [-0.2, -0.15) is 0 Å². The molecule has 2 rings (SSSR count). The lowest BCUT2D eigenvalue weighted by Crippen LogP contribution is -2.35. The minimum Gasteiger partial charge on any atom is -0.329 e. The molecule has 112 valence electrons. The molecule has 1 atom stereocenters. The molecule has 1 aromatic rings. The van der Waals surface area contributed by atoms with Crippen molar-refractivity contribution >= 4 is 27.5 Å². The van der Waals surface area contributed by atoms with E-state index in [1.54, 1.807) is 0 Å². The van der Waals surface area contributed by atoms with E-state index in [1.165, 1.54) is 24.8 Å². The summed E-state index contributed by atoms with van der Waals surface area (Å²) in [6, 6.07) is 6.46. The Labute approximate surface area is 135 Å². The van der Waals surface area contributed by atoms with Crippen LogP contribution in [0.2, 0.25) is 5.02 Å². The summed E-state index contributed by atoms with van der Waals surface area (Å²) in [6.07, 6.45) is 3.77. The smallest absolute Gasteiger partial charge is 0.0551 e. The molecule has 1 heterocycles. The average molecular weight is 360 g/mol. The fraction of sp³-hybridized carbons (Fsp3) is 0.625. The molecular formula is C16H24BrClN2. The lowest BCUT2D eigenvalue weighted by atomic mass is 9.85. The summed E-state index contributed by atoms with van der Waals surface area (Å²) >= 11 is 9.67. The van der Waals surface area contributed by atoms with Crippen LogP contribution in [0.5, 0.6) is 0 Å². The van der Waals surface area contributed by atoms with Crippen molar-refractivity contribution in [3.63, 3.8) is 0 Å². The molecule has 20 heavy (non-hydrogen) atoms. The predicted octanol–water partition coefficient (Wildman–Crippen LogP) is 4.61. The fourth-order valence-corrected chi connectivity index (χ4v) is 3.41. The predicted molar refractivity (Wildman–Crippen MR) is 90.2 cm³/mol. The van der Waals surface area contributed by atoms with Crippen molar-refractivity contribution in [1.82, 2.24) is 4.90 Å². The van der Waals surface area contributed by atoms with Crippen LogP contribution in [0, 0.1) is 5.41 Å². The van der Waals surface area contributed by atoms with Crippen LogP contribution in [0.4, 0.5) is 0 Å². The Morgan fingerprint density at radius 2 is 2.10 bits per heavy atom. The quantitative estimate of drug-likeness (QED) is 0.853. The average Bonchev–Trinajstić information content (AvgIpc) is 2.56. The lowest BCUT2D eigenvalue weighted by Gasteiger charge is -2.31. The summed E-state index contributed by atoms with van der Waals surface area (Å²) in [6.45, 7) is 7.61. The van der Waals surface area contributed by atoms with E-state index in [4.69, 9.17) is 17.3 Å². The van der Waals surface area contributed by atoms with Crippen molar-refractivity contribution < 1.29 is 0 Å². The summed E-state index contributed by atoms with van der Waals surface area (Å²) < 4.78 is 0.940. The van der Waals surface area contributed by atoms with Gasteiger partial charge >= 0.3 is 0 Å². The molecule has 1 aliphatic heterocycles. The third-order valence-electron chi connectivity index (χ3n) is 4.37. The van der Waals surface area contributed by atoms with Gasteiger partial charge in [0.05, 0.1) is 5.02 Å². The first-order valence-corrected chi connectivity index (χ1v) is 8.49. The molecule has 1 saturated heterocycles. The molecule has 4 heteroatoms. The lowest BCUT2D eigenvalue weighted by molar-refractivity contribution is 0.200. The summed E-state index contributed by atoms with van der Waals surface area (Å²) in [4.78, 5) is 2.52. The topological polar surface area (TPSA) is 29.3 Å². The molecule has 1 aliphatic rings. The van der Waals surface area contributed by atoms with E-state index in [2.05, 4.69) is 40.7 Å². The SMILES string of the molecule is CC1(C)CCCN(C(CN)c2ccc(Br)c(Cl)c2)CC1. The van der Waals surface area contributed by atoms with Crippen molar-refractivity contribution in [3.05, 3.63) is 33.3 Å². The molecule has 0 spiro atoms. The number of nitrogens with zero attached hydrogens (tertiary/aromatic N) is 1. The highest BCUT2D eigenvalue weighted by Gasteiger charge is 2.27. The second kappa shape index (κ2) is 6.78. The van der Waals surface area contributed by atoms with Gasteiger partial charge in [-0.15, -0.1) is 0 Å². The van der Waals surface area contributed by atoms with Crippen LogP contribution in [-0.2, 0) is 0 Å². The van der Waals surface area contributed by atoms with E-state index in [0.29, 0.717) is 12.0 Å². The molecule has 0 aliphatic carbocycles. The third-order valence-corrected chi connectivity index (χ3v) is 5.60. The Hall–Kier alpha value is -0.0900. The van der Waals surface area contributed by atoms with Gasteiger partial charge in [0.15, 0.2) is 0 Å². The summed E-state index contributed by atoms with van der Waals surface area (Å²) in [5.74, 6) is 0. The largest absolute Gasteiger partial charge is 0.329 e. The van der Waals surface area contributed by atoms with Gasteiger partial charge in [0, 0.05) is 17.1 Å². The van der Waals surface area contributed by atoms with Gasteiger partial charge in [0.2, 0.25) is 0 Å².